The van der Waals surface area contributed by atoms with Crippen LogP contribution in [0.5, 0.6) is 0 Å². The lowest BCUT2D eigenvalue weighted by Gasteiger charge is -2.31. The SMILES string of the molecule is CCCCC/C=C/C=C/CCCCCCCCC(=O)OC(COCCC(C(=O)O)[N+](C)(C)C)COC(=O)CCCCC/C=C/CCCCCCCC. The number of hydrogen-bond acceptors (Lipinski definition) is 6. The van der Waals surface area contributed by atoms with Crippen molar-refractivity contribution in [2.45, 2.75) is 187 Å². The number of rotatable bonds is 37. The summed E-state index contributed by atoms with van der Waals surface area (Å²) < 4.78 is 17.2. The molecule has 52 heavy (non-hydrogen) atoms. The number of ether oxygens (including phenoxy) is 3. The number of allylic oxidation sites excluding steroid dienone is 6. The highest BCUT2D eigenvalue weighted by molar-refractivity contribution is 5.72. The highest BCUT2D eigenvalue weighted by Gasteiger charge is 2.31. The van der Waals surface area contributed by atoms with Crippen LogP contribution >= 0.6 is 0 Å². The molecule has 302 valence electrons. The van der Waals surface area contributed by atoms with Crippen molar-refractivity contribution in [2.24, 2.45) is 0 Å². The van der Waals surface area contributed by atoms with Crippen molar-refractivity contribution in [3.05, 3.63) is 36.5 Å². The van der Waals surface area contributed by atoms with Gasteiger partial charge < -0.3 is 23.8 Å². The fraction of sp³-hybridized carbons (Fsp3) is 0.795. The number of carboxylic acid groups (broad SMARTS) is 1. The van der Waals surface area contributed by atoms with Crippen LogP contribution in [0.25, 0.3) is 0 Å². The third-order valence-corrected chi connectivity index (χ3v) is 9.29. The number of esters is 2. The second-order valence-corrected chi connectivity index (χ2v) is 15.3. The van der Waals surface area contributed by atoms with Gasteiger partial charge in [-0.15, -0.1) is 0 Å². The van der Waals surface area contributed by atoms with Crippen LogP contribution in [0.3, 0.4) is 0 Å². The van der Waals surface area contributed by atoms with Crippen LogP contribution in [-0.2, 0) is 28.6 Å². The van der Waals surface area contributed by atoms with Crippen molar-refractivity contribution in [3.8, 4) is 0 Å². The first kappa shape index (κ1) is 49.6. The summed E-state index contributed by atoms with van der Waals surface area (Å²) in [5.41, 5.74) is 0. The first-order chi connectivity index (χ1) is 25.1. The van der Waals surface area contributed by atoms with Crippen LogP contribution in [0, 0.1) is 0 Å². The molecule has 0 aliphatic heterocycles. The van der Waals surface area contributed by atoms with E-state index >= 15 is 0 Å². The Labute approximate surface area is 319 Å². The van der Waals surface area contributed by atoms with E-state index in [-0.39, 0.29) is 36.2 Å². The maximum absolute atomic E-state index is 12.7. The van der Waals surface area contributed by atoms with Crippen molar-refractivity contribution < 1.29 is 38.2 Å². The van der Waals surface area contributed by atoms with Crippen LogP contribution in [0.15, 0.2) is 36.5 Å². The lowest BCUT2D eigenvalue weighted by Crippen LogP contribution is -2.50. The molecular formula is C44H80NO7+. The molecule has 2 atom stereocenters. The summed E-state index contributed by atoms with van der Waals surface area (Å²) in [5, 5.41) is 9.60. The predicted molar refractivity (Wildman–Crippen MR) is 215 cm³/mol. The van der Waals surface area contributed by atoms with Gasteiger partial charge in [-0.1, -0.05) is 127 Å². The van der Waals surface area contributed by atoms with Crippen LogP contribution in [-0.4, -0.2) is 80.6 Å². The topological polar surface area (TPSA) is 99.1 Å². The molecule has 0 aromatic rings. The van der Waals surface area contributed by atoms with Crippen LogP contribution in [0.4, 0.5) is 0 Å². The Kier molecular flexibility index (Phi) is 33.9. The summed E-state index contributed by atoms with van der Waals surface area (Å²) in [5.74, 6) is -1.50. The third-order valence-electron chi connectivity index (χ3n) is 9.29. The minimum absolute atomic E-state index is 0.0523. The number of aliphatic carboxylic acids is 1. The first-order valence-electron chi connectivity index (χ1n) is 21.0. The van der Waals surface area contributed by atoms with Gasteiger partial charge in [0.2, 0.25) is 0 Å². The Balaban J connectivity index is 4.42. The van der Waals surface area contributed by atoms with Crippen LogP contribution in [0.2, 0.25) is 0 Å². The Morgan fingerprint density at radius 2 is 1.02 bits per heavy atom. The number of unbranched alkanes of at least 4 members (excludes halogenated alkanes) is 18. The number of hydrogen-bond donors (Lipinski definition) is 1. The molecule has 0 aliphatic rings. The van der Waals surface area contributed by atoms with Crippen molar-refractivity contribution >= 4 is 17.9 Å². The van der Waals surface area contributed by atoms with E-state index in [1.165, 1.54) is 70.6 Å². The fourth-order valence-corrected chi connectivity index (χ4v) is 5.96. The van der Waals surface area contributed by atoms with E-state index in [1.807, 2.05) is 21.1 Å². The van der Waals surface area contributed by atoms with Gasteiger partial charge in [-0.25, -0.2) is 4.79 Å². The fourth-order valence-electron chi connectivity index (χ4n) is 5.96. The Morgan fingerprint density at radius 3 is 1.56 bits per heavy atom. The van der Waals surface area contributed by atoms with Crippen molar-refractivity contribution in [1.82, 2.24) is 0 Å². The zero-order chi connectivity index (χ0) is 38.5. The van der Waals surface area contributed by atoms with Gasteiger partial charge in [0, 0.05) is 19.3 Å². The predicted octanol–water partition coefficient (Wildman–Crippen LogP) is 11.1. The number of carboxylic acids is 1. The molecule has 0 spiro atoms. The van der Waals surface area contributed by atoms with E-state index in [4.69, 9.17) is 14.2 Å². The summed E-state index contributed by atoms with van der Waals surface area (Å²) in [4.78, 5) is 36.9. The molecule has 0 rings (SSSR count). The van der Waals surface area contributed by atoms with E-state index in [0.717, 1.165) is 70.6 Å². The molecule has 0 aliphatic carbocycles. The molecule has 2 unspecified atom stereocenters. The molecule has 0 saturated heterocycles. The Bertz CT molecular complexity index is 953. The summed E-state index contributed by atoms with van der Waals surface area (Å²) in [7, 11) is 5.51. The van der Waals surface area contributed by atoms with E-state index in [0.29, 0.717) is 19.3 Å². The Morgan fingerprint density at radius 1 is 0.577 bits per heavy atom. The van der Waals surface area contributed by atoms with Crippen molar-refractivity contribution in [1.29, 1.82) is 0 Å². The average Bonchev–Trinajstić information content (AvgIpc) is 3.09. The Hall–Kier alpha value is -2.45. The van der Waals surface area contributed by atoms with Gasteiger partial charge >= 0.3 is 17.9 Å². The van der Waals surface area contributed by atoms with Crippen LogP contribution in [0.1, 0.15) is 174 Å². The molecule has 0 radical (unpaired) electrons. The minimum atomic E-state index is -0.880. The number of likely N-dealkylation sites (N-methyl/N-ethyl adjacent to an activating group) is 1. The number of carbonyl (C=O) groups excluding carboxylic acids is 2. The van der Waals surface area contributed by atoms with E-state index in [2.05, 4.69) is 50.3 Å². The average molecular weight is 735 g/mol. The third kappa shape index (κ3) is 33.4. The molecular weight excluding hydrogens is 654 g/mol. The van der Waals surface area contributed by atoms with Crippen LogP contribution < -0.4 is 0 Å². The smallest absolute Gasteiger partial charge is 0.362 e. The minimum Gasteiger partial charge on any atom is -0.477 e. The maximum atomic E-state index is 12.7. The quantitative estimate of drug-likeness (QED) is 0.0223. The lowest BCUT2D eigenvalue weighted by molar-refractivity contribution is -0.887. The zero-order valence-electron chi connectivity index (χ0n) is 34.3. The molecule has 0 heterocycles. The molecule has 1 N–H and O–H groups in total. The number of quaternary nitrogens is 1. The maximum Gasteiger partial charge on any atom is 0.362 e. The molecule has 0 aromatic heterocycles. The van der Waals surface area contributed by atoms with Gasteiger partial charge in [0.25, 0.3) is 0 Å². The van der Waals surface area contributed by atoms with E-state index in [9.17, 15) is 19.5 Å². The van der Waals surface area contributed by atoms with E-state index in [1.54, 1.807) is 0 Å². The van der Waals surface area contributed by atoms with Gasteiger partial charge in [0.15, 0.2) is 12.1 Å². The van der Waals surface area contributed by atoms with Gasteiger partial charge in [0.05, 0.1) is 34.4 Å². The summed E-state index contributed by atoms with van der Waals surface area (Å²) in [6, 6.07) is -0.617. The summed E-state index contributed by atoms with van der Waals surface area (Å²) in [6.07, 6.45) is 38.9. The monoisotopic (exact) mass is 735 g/mol. The zero-order valence-corrected chi connectivity index (χ0v) is 34.3. The molecule has 0 fully saturated rings. The molecule has 0 aromatic carbocycles. The van der Waals surface area contributed by atoms with Gasteiger partial charge in [-0.3, -0.25) is 9.59 Å². The van der Waals surface area contributed by atoms with Gasteiger partial charge in [0.1, 0.15) is 6.61 Å². The molecule has 0 amide bonds. The molecule has 0 saturated carbocycles. The second kappa shape index (κ2) is 35.6. The largest absolute Gasteiger partial charge is 0.477 e. The molecule has 8 nitrogen and oxygen atoms in total. The second-order valence-electron chi connectivity index (χ2n) is 15.3. The summed E-state index contributed by atoms with van der Waals surface area (Å²) >= 11 is 0. The number of nitrogens with zero attached hydrogens (tertiary/aromatic N) is 1. The normalized spacial score (nSPS) is 13.3. The highest BCUT2D eigenvalue weighted by atomic mass is 16.6. The van der Waals surface area contributed by atoms with Crippen molar-refractivity contribution in [2.75, 3.05) is 41.0 Å². The van der Waals surface area contributed by atoms with E-state index < -0.39 is 18.1 Å². The molecule has 0 bridgehead atoms. The summed E-state index contributed by atoms with van der Waals surface area (Å²) in [6.45, 7) is 4.66. The van der Waals surface area contributed by atoms with Gasteiger partial charge in [-0.2, -0.15) is 0 Å². The standard InChI is InChI=1S/C44H79NO7/c1-6-8-10-12-14-16-18-20-21-23-25-27-29-31-33-35-43(47)52-40(38-50-37-36-41(44(48)49)45(3,4)5)39-51-42(46)34-32-30-28-26-24-22-19-17-15-13-11-9-7-2/h14,16,18,20,22,24,40-41H,6-13,15,17,19,21,23,25-39H2,1-5H3/p+1/b16-14+,20-18+,24-22+. The van der Waals surface area contributed by atoms with Crippen molar-refractivity contribution in [3.63, 3.8) is 0 Å². The highest BCUT2D eigenvalue weighted by Crippen LogP contribution is 2.13. The van der Waals surface area contributed by atoms with Gasteiger partial charge in [-0.05, 0) is 64.2 Å². The number of carbonyl (C=O) groups is 3. The first-order valence-corrected chi connectivity index (χ1v) is 21.0. The lowest BCUT2D eigenvalue weighted by atomic mass is 10.1. The molecule has 8 heteroatoms.